The smallest absolute Gasteiger partial charge is 0.142 e. The van der Waals surface area contributed by atoms with Gasteiger partial charge in [-0.25, -0.2) is 0 Å². The number of nitrogens with two attached hydrogens (primary N) is 1. The van der Waals surface area contributed by atoms with Crippen LogP contribution in [-0.4, -0.2) is 19.7 Å². The molecule has 0 saturated carbocycles. The average Bonchev–Trinajstić information content (AvgIpc) is 2.58. The van der Waals surface area contributed by atoms with Crippen molar-refractivity contribution >= 4 is 11.4 Å². The van der Waals surface area contributed by atoms with E-state index in [4.69, 9.17) is 10.5 Å². The Labute approximate surface area is 146 Å². The van der Waals surface area contributed by atoms with Crippen molar-refractivity contribution < 1.29 is 4.74 Å². The van der Waals surface area contributed by atoms with Gasteiger partial charge in [-0.1, -0.05) is 38.1 Å². The first-order valence-electron chi connectivity index (χ1n) is 8.91. The maximum absolute atomic E-state index is 6.12. The molecule has 3 nitrogen and oxygen atoms in total. The maximum atomic E-state index is 6.12. The normalized spacial score (nSPS) is 10.8. The van der Waals surface area contributed by atoms with Crippen molar-refractivity contribution in [2.45, 2.75) is 33.6 Å². The molecule has 2 rings (SSSR count). The molecule has 0 aliphatic heterocycles. The quantitative estimate of drug-likeness (QED) is 0.675. The van der Waals surface area contributed by atoms with E-state index in [1.165, 1.54) is 11.3 Å². The molecule has 0 fully saturated rings. The van der Waals surface area contributed by atoms with Crippen LogP contribution in [-0.2, 0) is 6.42 Å². The fraction of sp³-hybridized carbons (Fsp3) is 0.429. The second-order valence-corrected chi connectivity index (χ2v) is 6.60. The van der Waals surface area contributed by atoms with Crippen LogP contribution in [0.15, 0.2) is 48.5 Å². The lowest BCUT2D eigenvalue weighted by atomic mass is 10.1. The number of nitrogen functional groups attached to an aromatic ring is 1. The summed E-state index contributed by atoms with van der Waals surface area (Å²) in [6.07, 6.45) is 2.13. The molecule has 0 amide bonds. The zero-order chi connectivity index (χ0) is 17.4. The van der Waals surface area contributed by atoms with Gasteiger partial charge in [-0.05, 0) is 55.5 Å². The number of ether oxygens (including phenoxy) is 1. The van der Waals surface area contributed by atoms with Gasteiger partial charge in [0.25, 0.3) is 0 Å². The lowest BCUT2D eigenvalue weighted by Crippen LogP contribution is -2.24. The van der Waals surface area contributed by atoms with Gasteiger partial charge < -0.3 is 15.4 Å². The van der Waals surface area contributed by atoms with Crippen LogP contribution in [0.25, 0.3) is 0 Å². The summed E-state index contributed by atoms with van der Waals surface area (Å²) in [6.45, 7) is 9.24. The summed E-state index contributed by atoms with van der Waals surface area (Å²) in [5.41, 5.74) is 9.42. The highest BCUT2D eigenvalue weighted by Gasteiger charge is 2.06. The molecule has 24 heavy (non-hydrogen) atoms. The highest BCUT2D eigenvalue weighted by atomic mass is 16.5. The SMILES string of the molecule is CCN(CCCc1ccc(OCC(C)C)c(N)c1)c1ccccc1. The second kappa shape index (κ2) is 9.21. The Morgan fingerprint density at radius 3 is 2.46 bits per heavy atom. The lowest BCUT2D eigenvalue weighted by molar-refractivity contribution is 0.272. The van der Waals surface area contributed by atoms with E-state index in [-0.39, 0.29) is 0 Å². The third kappa shape index (κ3) is 5.48. The summed E-state index contributed by atoms with van der Waals surface area (Å²) in [6, 6.07) is 16.8. The third-order valence-electron chi connectivity index (χ3n) is 4.04. The van der Waals surface area contributed by atoms with Crippen molar-refractivity contribution in [1.82, 2.24) is 0 Å². The van der Waals surface area contributed by atoms with Gasteiger partial charge in [-0.3, -0.25) is 0 Å². The first kappa shape index (κ1) is 18.2. The molecule has 0 aromatic heterocycles. The molecule has 0 aliphatic rings. The van der Waals surface area contributed by atoms with Crippen LogP contribution in [0.2, 0.25) is 0 Å². The van der Waals surface area contributed by atoms with Gasteiger partial charge in [0.15, 0.2) is 0 Å². The predicted octanol–water partition coefficient (Wildman–Crippen LogP) is 4.76. The molecule has 2 aromatic carbocycles. The van der Waals surface area contributed by atoms with E-state index >= 15 is 0 Å². The van der Waals surface area contributed by atoms with Gasteiger partial charge in [-0.2, -0.15) is 0 Å². The molecule has 0 unspecified atom stereocenters. The van der Waals surface area contributed by atoms with Crippen molar-refractivity contribution in [3.05, 3.63) is 54.1 Å². The van der Waals surface area contributed by atoms with E-state index in [1.54, 1.807) is 0 Å². The van der Waals surface area contributed by atoms with E-state index < -0.39 is 0 Å². The van der Waals surface area contributed by atoms with E-state index in [2.05, 4.69) is 68.1 Å². The molecular formula is C21H30N2O. The van der Waals surface area contributed by atoms with Gasteiger partial charge in [0.1, 0.15) is 5.75 Å². The zero-order valence-corrected chi connectivity index (χ0v) is 15.2. The number of anilines is 2. The number of hydrogen-bond acceptors (Lipinski definition) is 3. The molecule has 0 radical (unpaired) electrons. The van der Waals surface area contributed by atoms with Crippen LogP contribution in [0.1, 0.15) is 32.8 Å². The van der Waals surface area contributed by atoms with Gasteiger partial charge in [-0.15, -0.1) is 0 Å². The van der Waals surface area contributed by atoms with Crippen molar-refractivity contribution in [2.75, 3.05) is 30.3 Å². The van der Waals surface area contributed by atoms with Gasteiger partial charge in [0.2, 0.25) is 0 Å². The molecule has 130 valence electrons. The number of aryl methyl sites for hydroxylation is 1. The maximum Gasteiger partial charge on any atom is 0.142 e. The lowest BCUT2D eigenvalue weighted by Gasteiger charge is -2.23. The first-order valence-corrected chi connectivity index (χ1v) is 8.91. The summed E-state index contributed by atoms with van der Waals surface area (Å²) >= 11 is 0. The van der Waals surface area contributed by atoms with Crippen molar-refractivity contribution in [3.8, 4) is 5.75 Å². The number of rotatable bonds is 9. The van der Waals surface area contributed by atoms with Crippen LogP contribution in [0.5, 0.6) is 5.75 Å². The van der Waals surface area contributed by atoms with Crippen LogP contribution < -0.4 is 15.4 Å². The molecule has 3 heteroatoms. The summed E-state index contributed by atoms with van der Waals surface area (Å²) < 4.78 is 5.74. The number of hydrogen-bond donors (Lipinski definition) is 1. The van der Waals surface area contributed by atoms with Crippen LogP contribution in [0, 0.1) is 5.92 Å². The average molecular weight is 326 g/mol. The molecule has 2 N–H and O–H groups in total. The second-order valence-electron chi connectivity index (χ2n) is 6.60. The van der Waals surface area contributed by atoms with Crippen LogP contribution in [0.4, 0.5) is 11.4 Å². The molecular weight excluding hydrogens is 296 g/mol. The Bertz CT molecular complexity index is 610. The van der Waals surface area contributed by atoms with Gasteiger partial charge in [0.05, 0.1) is 12.3 Å². The largest absolute Gasteiger partial charge is 0.491 e. The predicted molar refractivity (Wildman–Crippen MR) is 104 cm³/mol. The molecule has 0 spiro atoms. The fourth-order valence-corrected chi connectivity index (χ4v) is 2.72. The molecule has 0 bridgehead atoms. The summed E-state index contributed by atoms with van der Waals surface area (Å²) in [7, 11) is 0. The first-order chi connectivity index (χ1) is 11.6. The fourth-order valence-electron chi connectivity index (χ4n) is 2.72. The van der Waals surface area contributed by atoms with Crippen molar-refractivity contribution in [2.24, 2.45) is 5.92 Å². The summed E-state index contributed by atoms with van der Waals surface area (Å²) in [4.78, 5) is 2.41. The number of nitrogens with zero attached hydrogens (tertiary/aromatic N) is 1. The molecule has 0 atom stereocenters. The minimum Gasteiger partial charge on any atom is -0.491 e. The van der Waals surface area contributed by atoms with Crippen molar-refractivity contribution in [3.63, 3.8) is 0 Å². The van der Waals surface area contributed by atoms with Crippen LogP contribution in [0.3, 0.4) is 0 Å². The Balaban J connectivity index is 1.86. The number of benzene rings is 2. The summed E-state index contributed by atoms with van der Waals surface area (Å²) in [5, 5.41) is 0. The highest BCUT2D eigenvalue weighted by molar-refractivity contribution is 5.54. The molecule has 2 aromatic rings. The Morgan fingerprint density at radius 1 is 1.08 bits per heavy atom. The van der Waals surface area contributed by atoms with Crippen molar-refractivity contribution in [1.29, 1.82) is 0 Å². The molecule has 0 saturated heterocycles. The highest BCUT2D eigenvalue weighted by Crippen LogP contribution is 2.24. The van der Waals surface area contributed by atoms with E-state index in [9.17, 15) is 0 Å². The van der Waals surface area contributed by atoms with Gasteiger partial charge in [0, 0.05) is 18.8 Å². The molecule has 0 heterocycles. The van der Waals surface area contributed by atoms with E-state index in [1.807, 2.05) is 6.07 Å². The van der Waals surface area contributed by atoms with Crippen LogP contribution >= 0.6 is 0 Å². The Morgan fingerprint density at radius 2 is 1.83 bits per heavy atom. The Kier molecular flexibility index (Phi) is 6.98. The minimum absolute atomic E-state index is 0.502. The molecule has 0 aliphatic carbocycles. The Hall–Kier alpha value is -2.16. The third-order valence-corrected chi connectivity index (χ3v) is 4.04. The minimum atomic E-state index is 0.502. The van der Waals surface area contributed by atoms with Gasteiger partial charge >= 0.3 is 0 Å². The number of para-hydroxylation sites is 1. The topological polar surface area (TPSA) is 38.5 Å². The summed E-state index contributed by atoms with van der Waals surface area (Å²) in [5.74, 6) is 1.30. The standard InChI is InChI=1S/C21H30N2O/c1-4-23(19-10-6-5-7-11-19)14-8-9-18-12-13-21(20(22)15-18)24-16-17(2)3/h5-7,10-13,15,17H,4,8-9,14,16,22H2,1-3H3. The monoisotopic (exact) mass is 326 g/mol. The van der Waals surface area contributed by atoms with E-state index in [0.717, 1.165) is 37.4 Å². The van der Waals surface area contributed by atoms with E-state index in [0.29, 0.717) is 12.5 Å². The zero-order valence-electron chi connectivity index (χ0n) is 15.2.